The van der Waals surface area contributed by atoms with E-state index in [0.29, 0.717) is 17.5 Å². The van der Waals surface area contributed by atoms with Crippen LogP contribution in [0.4, 0.5) is 0 Å². The first-order chi connectivity index (χ1) is 9.62. The normalized spacial score (nSPS) is 10.6. The molecule has 0 atom stereocenters. The molecule has 0 spiro atoms. The van der Waals surface area contributed by atoms with E-state index in [9.17, 15) is 4.79 Å². The second-order valence-corrected chi connectivity index (χ2v) is 5.41. The second-order valence-electron chi connectivity index (χ2n) is 4.00. The molecule has 0 aliphatic rings. The summed E-state index contributed by atoms with van der Waals surface area (Å²) in [6.07, 6.45) is 0. The van der Waals surface area contributed by atoms with E-state index < -0.39 is 5.97 Å². The number of hydrogen-bond acceptors (Lipinski definition) is 4. The van der Waals surface area contributed by atoms with Crippen LogP contribution in [0.25, 0.3) is 10.9 Å². The summed E-state index contributed by atoms with van der Waals surface area (Å²) in [5.41, 5.74) is 2.14. The Labute approximate surface area is 133 Å². The Morgan fingerprint density at radius 1 is 1.40 bits per heavy atom. The monoisotopic (exact) mass is 401 g/mol. The summed E-state index contributed by atoms with van der Waals surface area (Å²) < 4.78 is 11.2. The number of halogens is 2. The highest BCUT2D eigenvalue weighted by molar-refractivity contribution is 9.10. The number of hydrogen-bond donors (Lipinski definition) is 0. The molecule has 0 bridgehead atoms. The Hall–Kier alpha value is -1.14. The van der Waals surface area contributed by atoms with E-state index in [1.165, 1.54) is 7.11 Å². The van der Waals surface area contributed by atoms with Gasteiger partial charge in [-0.25, -0.2) is 9.78 Å². The van der Waals surface area contributed by atoms with Gasteiger partial charge < -0.3 is 9.47 Å². The first kappa shape index (κ1) is 15.3. The maximum Gasteiger partial charge on any atom is 0.343 e. The molecule has 4 nitrogen and oxygen atoms in total. The largest absolute Gasteiger partial charge is 0.480 e. The summed E-state index contributed by atoms with van der Waals surface area (Å²) in [6, 6.07) is 5.58. The van der Waals surface area contributed by atoms with Crippen LogP contribution in [0.1, 0.15) is 22.8 Å². The molecule has 6 heteroatoms. The maximum absolute atomic E-state index is 11.9. The summed E-state index contributed by atoms with van der Waals surface area (Å²) in [6.45, 7) is 2.08. The Morgan fingerprint density at radius 3 is 2.75 bits per heavy atom. The Balaban J connectivity index is 2.68. The van der Waals surface area contributed by atoms with Crippen molar-refractivity contribution < 1.29 is 14.3 Å². The third kappa shape index (κ3) is 2.81. The molecule has 0 saturated heterocycles. The molecule has 0 saturated carbocycles. The SMILES string of the molecule is CCOC(=O)c1cc2ccc(Br)c(CBr)c2nc1OC. The highest BCUT2D eigenvalue weighted by atomic mass is 79.9. The van der Waals surface area contributed by atoms with Crippen molar-refractivity contribution in [2.45, 2.75) is 12.3 Å². The molecule has 2 rings (SSSR count). The van der Waals surface area contributed by atoms with Crippen LogP contribution in [0.3, 0.4) is 0 Å². The van der Waals surface area contributed by atoms with Crippen molar-refractivity contribution >= 4 is 48.7 Å². The Bertz CT molecular complexity index is 658. The van der Waals surface area contributed by atoms with Crippen LogP contribution in [0.15, 0.2) is 22.7 Å². The Kier molecular flexibility index (Phi) is 4.99. The van der Waals surface area contributed by atoms with E-state index in [2.05, 4.69) is 36.8 Å². The number of esters is 1. The number of benzene rings is 1. The zero-order chi connectivity index (χ0) is 14.7. The van der Waals surface area contributed by atoms with Gasteiger partial charge in [-0.3, -0.25) is 0 Å². The lowest BCUT2D eigenvalue weighted by Gasteiger charge is -2.11. The van der Waals surface area contributed by atoms with Gasteiger partial charge in [0.15, 0.2) is 0 Å². The molecular weight excluding hydrogens is 390 g/mol. The number of carbonyl (C=O) groups is 1. The molecule has 2 aromatic rings. The van der Waals surface area contributed by atoms with Crippen LogP contribution in [-0.4, -0.2) is 24.7 Å². The molecule has 20 heavy (non-hydrogen) atoms. The van der Waals surface area contributed by atoms with Crippen molar-refractivity contribution in [1.82, 2.24) is 4.98 Å². The van der Waals surface area contributed by atoms with Gasteiger partial charge in [0.2, 0.25) is 5.88 Å². The van der Waals surface area contributed by atoms with Gasteiger partial charge in [-0.2, -0.15) is 0 Å². The number of fused-ring (bicyclic) bond motifs is 1. The van der Waals surface area contributed by atoms with Crippen LogP contribution >= 0.6 is 31.9 Å². The fourth-order valence-corrected chi connectivity index (χ4v) is 3.30. The van der Waals surface area contributed by atoms with E-state index >= 15 is 0 Å². The lowest BCUT2D eigenvalue weighted by atomic mass is 10.1. The molecule has 0 radical (unpaired) electrons. The molecule has 0 aliphatic carbocycles. The average Bonchev–Trinajstić information content (AvgIpc) is 2.46. The van der Waals surface area contributed by atoms with Crippen molar-refractivity contribution in [2.75, 3.05) is 13.7 Å². The van der Waals surface area contributed by atoms with Crippen LogP contribution in [0.5, 0.6) is 5.88 Å². The molecular formula is C14H13Br2NO3. The van der Waals surface area contributed by atoms with Gasteiger partial charge in [-0.05, 0) is 19.1 Å². The molecule has 0 fully saturated rings. The van der Waals surface area contributed by atoms with E-state index in [-0.39, 0.29) is 5.88 Å². The predicted molar refractivity (Wildman–Crippen MR) is 84.6 cm³/mol. The number of nitrogens with zero attached hydrogens (tertiary/aromatic N) is 1. The van der Waals surface area contributed by atoms with Gasteiger partial charge >= 0.3 is 5.97 Å². The van der Waals surface area contributed by atoms with Crippen molar-refractivity contribution in [1.29, 1.82) is 0 Å². The number of rotatable bonds is 4. The highest BCUT2D eigenvalue weighted by Crippen LogP contribution is 2.30. The minimum Gasteiger partial charge on any atom is -0.480 e. The summed E-state index contributed by atoms with van der Waals surface area (Å²) in [4.78, 5) is 16.4. The molecule has 0 amide bonds. The van der Waals surface area contributed by atoms with Crippen molar-refractivity contribution in [3.63, 3.8) is 0 Å². The molecule has 106 valence electrons. The number of carbonyl (C=O) groups excluding carboxylic acids is 1. The summed E-state index contributed by atoms with van der Waals surface area (Å²) in [7, 11) is 1.49. The van der Waals surface area contributed by atoms with Crippen LogP contribution in [-0.2, 0) is 10.1 Å². The number of alkyl halides is 1. The number of methoxy groups -OCH3 is 1. The number of pyridine rings is 1. The average molecular weight is 403 g/mol. The standard InChI is InChI=1S/C14H13Br2NO3/c1-3-20-14(18)9-6-8-4-5-11(16)10(7-15)12(8)17-13(9)19-2/h4-6H,3,7H2,1-2H3. The van der Waals surface area contributed by atoms with Crippen molar-refractivity contribution in [3.05, 3.63) is 33.8 Å². The van der Waals surface area contributed by atoms with Crippen molar-refractivity contribution in [3.8, 4) is 5.88 Å². The van der Waals surface area contributed by atoms with Gasteiger partial charge in [-0.1, -0.05) is 37.9 Å². The van der Waals surface area contributed by atoms with E-state index in [1.807, 2.05) is 12.1 Å². The number of ether oxygens (including phenoxy) is 2. The minimum atomic E-state index is -0.429. The third-order valence-corrected chi connectivity index (χ3v) is 4.13. The molecule has 1 aromatic heterocycles. The predicted octanol–water partition coefficient (Wildman–Crippen LogP) is 4.08. The van der Waals surface area contributed by atoms with E-state index in [1.54, 1.807) is 13.0 Å². The van der Waals surface area contributed by atoms with Gasteiger partial charge in [0.1, 0.15) is 5.56 Å². The first-order valence-corrected chi connectivity index (χ1v) is 7.93. The van der Waals surface area contributed by atoms with Crippen LogP contribution < -0.4 is 4.74 Å². The van der Waals surface area contributed by atoms with Gasteiger partial charge in [0.05, 0.1) is 19.2 Å². The topological polar surface area (TPSA) is 48.4 Å². The fourth-order valence-electron chi connectivity index (χ4n) is 1.90. The lowest BCUT2D eigenvalue weighted by Crippen LogP contribution is -2.08. The second kappa shape index (κ2) is 6.54. The molecule has 0 unspecified atom stereocenters. The lowest BCUT2D eigenvalue weighted by molar-refractivity contribution is 0.0522. The van der Waals surface area contributed by atoms with Gasteiger partial charge in [-0.15, -0.1) is 0 Å². The zero-order valence-corrected chi connectivity index (χ0v) is 14.2. The van der Waals surface area contributed by atoms with Gasteiger partial charge in [0.25, 0.3) is 0 Å². The molecule has 0 N–H and O–H groups in total. The maximum atomic E-state index is 11.9. The zero-order valence-electron chi connectivity index (χ0n) is 11.1. The smallest absolute Gasteiger partial charge is 0.343 e. The van der Waals surface area contributed by atoms with Crippen molar-refractivity contribution in [2.24, 2.45) is 0 Å². The molecule has 1 aromatic carbocycles. The number of aromatic nitrogens is 1. The van der Waals surface area contributed by atoms with Gasteiger partial charge in [0, 0.05) is 20.8 Å². The summed E-state index contributed by atoms with van der Waals surface area (Å²) in [5.74, 6) is -0.154. The summed E-state index contributed by atoms with van der Waals surface area (Å²) >= 11 is 6.94. The molecule has 0 aliphatic heterocycles. The Morgan fingerprint density at radius 2 is 2.15 bits per heavy atom. The minimum absolute atomic E-state index is 0.274. The van der Waals surface area contributed by atoms with E-state index in [4.69, 9.17) is 9.47 Å². The fraction of sp³-hybridized carbons (Fsp3) is 0.286. The third-order valence-electron chi connectivity index (χ3n) is 2.82. The molecule has 1 heterocycles. The van der Waals surface area contributed by atoms with Crippen LogP contribution in [0.2, 0.25) is 0 Å². The quantitative estimate of drug-likeness (QED) is 0.571. The van der Waals surface area contributed by atoms with Crippen LogP contribution in [0, 0.1) is 0 Å². The van der Waals surface area contributed by atoms with E-state index in [0.717, 1.165) is 20.9 Å². The first-order valence-electron chi connectivity index (χ1n) is 6.01. The summed E-state index contributed by atoms with van der Waals surface area (Å²) in [5, 5.41) is 1.52. The highest BCUT2D eigenvalue weighted by Gasteiger charge is 2.18.